The Hall–Kier alpha value is -2.02. The van der Waals surface area contributed by atoms with Gasteiger partial charge in [0, 0.05) is 25.2 Å². The number of rotatable bonds is 7. The van der Waals surface area contributed by atoms with Gasteiger partial charge in [0.2, 0.25) is 5.91 Å². The summed E-state index contributed by atoms with van der Waals surface area (Å²) < 4.78 is 7.37. The van der Waals surface area contributed by atoms with Crippen molar-refractivity contribution in [2.45, 2.75) is 50.6 Å². The molecule has 0 bridgehead atoms. The zero-order valence-electron chi connectivity index (χ0n) is 16.5. The predicted molar refractivity (Wildman–Crippen MR) is 108 cm³/mol. The van der Waals surface area contributed by atoms with Crippen molar-refractivity contribution in [2.75, 3.05) is 20.2 Å². The van der Waals surface area contributed by atoms with Crippen LogP contribution >= 0.6 is 11.8 Å². The summed E-state index contributed by atoms with van der Waals surface area (Å²) in [4.78, 5) is 14.6. The van der Waals surface area contributed by atoms with Gasteiger partial charge in [-0.15, -0.1) is 10.2 Å². The number of likely N-dealkylation sites (tertiary alicyclic amines) is 1. The molecule has 0 saturated carbocycles. The largest absolute Gasteiger partial charge is 0.497 e. The number of methoxy groups -OCH3 is 1. The lowest BCUT2D eigenvalue weighted by molar-refractivity contribution is -0.129. The van der Waals surface area contributed by atoms with Crippen LogP contribution in [0.4, 0.5) is 0 Å². The Morgan fingerprint density at radius 3 is 2.41 bits per heavy atom. The Balaban J connectivity index is 1.83. The highest BCUT2D eigenvalue weighted by Gasteiger charge is 2.26. The number of hydrogen-bond acceptors (Lipinski definition) is 5. The minimum Gasteiger partial charge on any atom is -0.497 e. The molecular formula is C20H28N4O2S. The van der Waals surface area contributed by atoms with Crippen molar-refractivity contribution in [3.05, 3.63) is 24.3 Å². The fourth-order valence-corrected chi connectivity index (χ4v) is 4.20. The third-order valence-corrected chi connectivity index (χ3v) is 5.73. The van der Waals surface area contributed by atoms with Gasteiger partial charge in [0.25, 0.3) is 0 Å². The van der Waals surface area contributed by atoms with E-state index >= 15 is 0 Å². The second kappa shape index (κ2) is 8.78. The summed E-state index contributed by atoms with van der Waals surface area (Å²) in [7, 11) is 1.66. The van der Waals surface area contributed by atoms with E-state index in [2.05, 4.69) is 28.6 Å². The summed E-state index contributed by atoms with van der Waals surface area (Å²) in [5.74, 6) is 2.28. The molecule has 0 aliphatic carbocycles. The minimum absolute atomic E-state index is 0.165. The number of nitrogens with zero attached hydrogens (tertiary/aromatic N) is 4. The molecule has 1 aliphatic rings. The van der Waals surface area contributed by atoms with E-state index in [9.17, 15) is 4.79 Å². The fraction of sp³-hybridized carbons (Fsp3) is 0.550. The smallest absolute Gasteiger partial charge is 0.235 e. The van der Waals surface area contributed by atoms with E-state index in [0.717, 1.165) is 54.8 Å². The predicted octanol–water partition coefficient (Wildman–Crippen LogP) is 3.71. The second-order valence-electron chi connectivity index (χ2n) is 7.33. The van der Waals surface area contributed by atoms with Crippen LogP contribution in [-0.4, -0.2) is 51.0 Å². The lowest BCUT2D eigenvalue weighted by Gasteiger charge is -2.20. The van der Waals surface area contributed by atoms with Crippen LogP contribution in [0.3, 0.4) is 0 Å². The van der Waals surface area contributed by atoms with Crippen molar-refractivity contribution in [3.8, 4) is 17.1 Å². The monoisotopic (exact) mass is 388 g/mol. The average Bonchev–Trinajstić information content (AvgIpc) is 3.32. The van der Waals surface area contributed by atoms with Crippen molar-refractivity contribution in [1.29, 1.82) is 0 Å². The second-order valence-corrected chi connectivity index (χ2v) is 8.64. The summed E-state index contributed by atoms with van der Waals surface area (Å²) in [5, 5.41) is 9.48. The van der Waals surface area contributed by atoms with Gasteiger partial charge < -0.3 is 14.2 Å². The van der Waals surface area contributed by atoms with Gasteiger partial charge in [0.15, 0.2) is 11.0 Å². The first-order valence-electron chi connectivity index (χ1n) is 9.52. The summed E-state index contributed by atoms with van der Waals surface area (Å²) >= 11 is 1.50. The Morgan fingerprint density at radius 1 is 1.15 bits per heavy atom. The van der Waals surface area contributed by atoms with Crippen molar-refractivity contribution in [1.82, 2.24) is 19.7 Å². The van der Waals surface area contributed by atoms with Crippen LogP contribution in [0.25, 0.3) is 11.4 Å². The van der Waals surface area contributed by atoms with Crippen molar-refractivity contribution < 1.29 is 9.53 Å². The first-order valence-corrected chi connectivity index (χ1v) is 10.4. The third-order valence-electron chi connectivity index (χ3n) is 4.66. The summed E-state index contributed by atoms with van der Waals surface area (Å²) in [6, 6.07) is 7.84. The molecule has 1 aromatic carbocycles. The lowest BCUT2D eigenvalue weighted by atomic mass is 10.2. The van der Waals surface area contributed by atoms with E-state index in [-0.39, 0.29) is 11.2 Å². The highest BCUT2D eigenvalue weighted by Crippen LogP contribution is 2.29. The number of amides is 1. The van der Waals surface area contributed by atoms with E-state index < -0.39 is 0 Å². The van der Waals surface area contributed by atoms with Gasteiger partial charge in [0.05, 0.1) is 12.4 Å². The molecule has 6 nitrogen and oxygen atoms in total. The highest BCUT2D eigenvalue weighted by molar-refractivity contribution is 8.00. The van der Waals surface area contributed by atoms with Crippen LogP contribution in [0.1, 0.15) is 33.6 Å². The molecule has 1 atom stereocenters. The van der Waals surface area contributed by atoms with E-state index in [1.54, 1.807) is 7.11 Å². The molecule has 0 spiro atoms. The Morgan fingerprint density at radius 2 is 1.81 bits per heavy atom. The molecule has 3 rings (SSSR count). The molecule has 27 heavy (non-hydrogen) atoms. The molecule has 146 valence electrons. The fourth-order valence-electron chi connectivity index (χ4n) is 3.26. The molecule has 0 radical (unpaired) electrons. The summed E-state index contributed by atoms with van der Waals surface area (Å²) in [5.41, 5.74) is 0.995. The van der Waals surface area contributed by atoms with Crippen LogP contribution in [-0.2, 0) is 11.3 Å². The van der Waals surface area contributed by atoms with Crippen molar-refractivity contribution >= 4 is 17.7 Å². The Kier molecular flexibility index (Phi) is 6.42. The number of thioether (sulfide) groups is 1. The maximum atomic E-state index is 12.7. The Bertz CT molecular complexity index is 767. The summed E-state index contributed by atoms with van der Waals surface area (Å²) in [6.07, 6.45) is 2.21. The molecule has 1 fully saturated rings. The number of benzene rings is 1. The molecule has 1 saturated heterocycles. The zero-order chi connectivity index (χ0) is 19.4. The molecule has 2 aromatic rings. The van der Waals surface area contributed by atoms with Crippen LogP contribution in [0.15, 0.2) is 29.4 Å². The first kappa shape index (κ1) is 19.7. The average molecular weight is 389 g/mol. The van der Waals surface area contributed by atoms with E-state index in [1.165, 1.54) is 11.8 Å². The molecule has 7 heteroatoms. The maximum Gasteiger partial charge on any atom is 0.235 e. The number of carbonyl (C=O) groups is 1. The molecule has 0 N–H and O–H groups in total. The van der Waals surface area contributed by atoms with Gasteiger partial charge in [-0.25, -0.2) is 0 Å². The SMILES string of the molecule is COc1ccc(-c2nnc(S[C@@H](C)C(=O)N3CCCC3)n2CC(C)C)cc1. The molecule has 1 aromatic heterocycles. The molecule has 0 unspecified atom stereocenters. The third kappa shape index (κ3) is 4.64. The Labute approximate surface area is 165 Å². The first-order chi connectivity index (χ1) is 13.0. The number of aromatic nitrogens is 3. The number of hydrogen-bond donors (Lipinski definition) is 0. The quantitative estimate of drug-likeness (QED) is 0.677. The van der Waals surface area contributed by atoms with Crippen LogP contribution in [0.5, 0.6) is 5.75 Å². The number of carbonyl (C=O) groups excluding carboxylic acids is 1. The van der Waals surface area contributed by atoms with Gasteiger partial charge in [-0.05, 0) is 49.9 Å². The van der Waals surface area contributed by atoms with Crippen LogP contribution in [0, 0.1) is 5.92 Å². The molecule has 2 heterocycles. The van der Waals surface area contributed by atoms with Crippen LogP contribution in [0.2, 0.25) is 0 Å². The van der Waals surface area contributed by atoms with E-state index in [4.69, 9.17) is 4.74 Å². The molecule has 1 amide bonds. The minimum atomic E-state index is -0.165. The topological polar surface area (TPSA) is 60.3 Å². The molecular weight excluding hydrogens is 360 g/mol. The molecule has 1 aliphatic heterocycles. The van der Waals surface area contributed by atoms with Gasteiger partial charge in [-0.1, -0.05) is 25.6 Å². The van der Waals surface area contributed by atoms with E-state index in [0.29, 0.717) is 5.92 Å². The van der Waals surface area contributed by atoms with Crippen LogP contribution < -0.4 is 4.74 Å². The summed E-state index contributed by atoms with van der Waals surface area (Å²) in [6.45, 7) is 8.86. The van der Waals surface area contributed by atoms with Gasteiger partial charge in [0.1, 0.15) is 5.75 Å². The standard InChI is InChI=1S/C20H28N4O2S/c1-14(2)13-24-18(16-7-9-17(26-4)10-8-16)21-22-20(24)27-15(3)19(25)23-11-5-6-12-23/h7-10,14-15H,5-6,11-13H2,1-4H3/t15-/m0/s1. The van der Waals surface area contributed by atoms with Gasteiger partial charge >= 0.3 is 0 Å². The van der Waals surface area contributed by atoms with Gasteiger partial charge in [-0.2, -0.15) is 0 Å². The van der Waals surface area contributed by atoms with E-state index in [1.807, 2.05) is 36.1 Å². The number of ether oxygens (including phenoxy) is 1. The highest BCUT2D eigenvalue weighted by atomic mass is 32.2. The zero-order valence-corrected chi connectivity index (χ0v) is 17.3. The maximum absolute atomic E-state index is 12.7. The normalized spacial score (nSPS) is 15.4. The lowest BCUT2D eigenvalue weighted by Crippen LogP contribution is -2.34. The van der Waals surface area contributed by atoms with Crippen molar-refractivity contribution in [3.63, 3.8) is 0 Å². The van der Waals surface area contributed by atoms with Crippen molar-refractivity contribution in [2.24, 2.45) is 5.92 Å². The van der Waals surface area contributed by atoms with Gasteiger partial charge in [-0.3, -0.25) is 4.79 Å².